The van der Waals surface area contributed by atoms with Crippen LogP contribution in [0.1, 0.15) is 31.1 Å². The largest absolute Gasteiger partial charge is 0.369 e. The van der Waals surface area contributed by atoms with Gasteiger partial charge < -0.3 is 15.5 Å². The van der Waals surface area contributed by atoms with E-state index in [4.69, 9.17) is 0 Å². The number of carbonyl (C=O) groups is 2. The molecule has 9 nitrogen and oxygen atoms in total. The number of fused-ring (bicyclic) bond motifs is 1. The molecule has 3 aromatic rings. The third-order valence-corrected chi connectivity index (χ3v) is 4.93. The number of nitrogens with zero attached hydrogens (tertiary/aromatic N) is 1. The SMILES string of the molecule is CCN(c1ccc(C(=O)NCC(=O)Nc2cccc3c(=O)[nH][nH]c(=O)c23)cc1)C(C)C. The minimum Gasteiger partial charge on any atom is -0.369 e. The standard InChI is InChI=1S/C22H25N5O4/c1-4-27(13(2)3)15-10-8-14(9-11-15)20(29)23-12-18(28)24-17-7-5-6-16-19(17)22(31)26-25-21(16)30/h5-11,13H,4,12H2,1-3H3,(H,23,29)(H,24,28)(H,25,30)(H,26,31). The van der Waals surface area contributed by atoms with Crippen LogP contribution in [0.25, 0.3) is 10.8 Å². The molecule has 2 aromatic carbocycles. The van der Waals surface area contributed by atoms with Crippen molar-refractivity contribution in [3.8, 4) is 0 Å². The average Bonchev–Trinajstić information content (AvgIpc) is 2.75. The van der Waals surface area contributed by atoms with E-state index in [-0.39, 0.29) is 28.9 Å². The van der Waals surface area contributed by atoms with Crippen LogP contribution in [0.4, 0.5) is 11.4 Å². The molecule has 4 N–H and O–H groups in total. The van der Waals surface area contributed by atoms with Crippen molar-refractivity contribution in [3.05, 3.63) is 68.7 Å². The number of hydrogen-bond acceptors (Lipinski definition) is 5. The van der Waals surface area contributed by atoms with Crippen molar-refractivity contribution in [3.63, 3.8) is 0 Å². The lowest BCUT2D eigenvalue weighted by Gasteiger charge is -2.27. The Hall–Kier alpha value is -3.88. The van der Waals surface area contributed by atoms with Crippen LogP contribution >= 0.6 is 0 Å². The molecule has 2 amide bonds. The van der Waals surface area contributed by atoms with Gasteiger partial charge in [-0.15, -0.1) is 0 Å². The lowest BCUT2D eigenvalue weighted by atomic mass is 10.1. The van der Waals surface area contributed by atoms with E-state index in [1.165, 1.54) is 12.1 Å². The van der Waals surface area contributed by atoms with Crippen LogP contribution in [0.2, 0.25) is 0 Å². The zero-order valence-electron chi connectivity index (χ0n) is 17.6. The first-order valence-electron chi connectivity index (χ1n) is 10.00. The number of anilines is 2. The van der Waals surface area contributed by atoms with Crippen molar-refractivity contribution in [2.75, 3.05) is 23.3 Å². The van der Waals surface area contributed by atoms with Crippen LogP contribution in [0.5, 0.6) is 0 Å². The van der Waals surface area contributed by atoms with Crippen LogP contribution < -0.4 is 26.7 Å². The maximum atomic E-state index is 12.4. The lowest BCUT2D eigenvalue weighted by molar-refractivity contribution is -0.115. The number of H-pyrrole nitrogens is 2. The maximum absolute atomic E-state index is 12.4. The summed E-state index contributed by atoms with van der Waals surface area (Å²) in [5, 5.41) is 9.84. The summed E-state index contributed by atoms with van der Waals surface area (Å²) in [6, 6.07) is 12.1. The number of carbonyl (C=O) groups excluding carboxylic acids is 2. The van der Waals surface area contributed by atoms with Crippen LogP contribution in [0, 0.1) is 0 Å². The summed E-state index contributed by atoms with van der Waals surface area (Å²) in [7, 11) is 0. The molecular formula is C22H25N5O4. The number of aromatic nitrogens is 2. The number of hydrogen-bond donors (Lipinski definition) is 4. The van der Waals surface area contributed by atoms with Crippen molar-refractivity contribution in [2.45, 2.75) is 26.8 Å². The quantitative estimate of drug-likeness (QED) is 0.461. The molecule has 0 radical (unpaired) electrons. The molecule has 0 spiro atoms. The van der Waals surface area contributed by atoms with E-state index in [9.17, 15) is 19.2 Å². The highest BCUT2D eigenvalue weighted by molar-refractivity contribution is 6.04. The molecule has 0 aliphatic carbocycles. The molecule has 0 aliphatic rings. The molecule has 0 saturated heterocycles. The van der Waals surface area contributed by atoms with Gasteiger partial charge in [0.15, 0.2) is 0 Å². The van der Waals surface area contributed by atoms with Gasteiger partial charge >= 0.3 is 0 Å². The predicted molar refractivity (Wildman–Crippen MR) is 121 cm³/mol. The molecule has 1 aromatic heterocycles. The van der Waals surface area contributed by atoms with E-state index in [2.05, 4.69) is 46.5 Å². The summed E-state index contributed by atoms with van der Waals surface area (Å²) in [6.07, 6.45) is 0. The van der Waals surface area contributed by atoms with E-state index >= 15 is 0 Å². The molecule has 0 aliphatic heterocycles. The third-order valence-electron chi connectivity index (χ3n) is 4.93. The normalized spacial score (nSPS) is 10.8. The van der Waals surface area contributed by atoms with Crippen molar-refractivity contribution >= 4 is 34.0 Å². The van der Waals surface area contributed by atoms with Crippen molar-refractivity contribution < 1.29 is 9.59 Å². The maximum Gasteiger partial charge on any atom is 0.272 e. The molecule has 3 rings (SSSR count). The Kier molecular flexibility index (Phi) is 6.54. The van der Waals surface area contributed by atoms with Crippen LogP contribution in [-0.2, 0) is 4.79 Å². The predicted octanol–water partition coefficient (Wildman–Crippen LogP) is 1.82. The number of rotatable bonds is 7. The first-order valence-corrected chi connectivity index (χ1v) is 10.00. The molecule has 9 heteroatoms. The van der Waals surface area contributed by atoms with Gasteiger partial charge in [0.05, 0.1) is 23.0 Å². The average molecular weight is 423 g/mol. The fraction of sp³-hybridized carbons (Fsp3) is 0.273. The van der Waals surface area contributed by atoms with Crippen molar-refractivity contribution in [2.24, 2.45) is 0 Å². The van der Waals surface area contributed by atoms with E-state index in [0.29, 0.717) is 11.6 Å². The van der Waals surface area contributed by atoms with Crippen LogP contribution in [0.15, 0.2) is 52.1 Å². The summed E-state index contributed by atoms with van der Waals surface area (Å²) in [5.74, 6) is -0.907. The summed E-state index contributed by atoms with van der Waals surface area (Å²) in [4.78, 5) is 50.8. The molecule has 0 unspecified atom stereocenters. The molecular weight excluding hydrogens is 398 g/mol. The second-order valence-corrected chi connectivity index (χ2v) is 7.29. The van der Waals surface area contributed by atoms with Crippen LogP contribution in [0.3, 0.4) is 0 Å². The highest BCUT2D eigenvalue weighted by Gasteiger charge is 2.13. The smallest absolute Gasteiger partial charge is 0.272 e. The van der Waals surface area contributed by atoms with Gasteiger partial charge in [0.2, 0.25) is 5.91 Å². The topological polar surface area (TPSA) is 127 Å². The monoisotopic (exact) mass is 423 g/mol. The van der Waals surface area contributed by atoms with E-state index in [1.54, 1.807) is 18.2 Å². The Morgan fingerprint density at radius 2 is 1.68 bits per heavy atom. The van der Waals surface area contributed by atoms with Gasteiger partial charge in [-0.1, -0.05) is 6.07 Å². The highest BCUT2D eigenvalue weighted by Crippen LogP contribution is 2.18. The second-order valence-electron chi connectivity index (χ2n) is 7.29. The molecule has 0 atom stereocenters. The summed E-state index contributed by atoms with van der Waals surface area (Å²) >= 11 is 0. The number of nitrogens with one attached hydrogen (secondary N) is 4. The third kappa shape index (κ3) is 4.82. The molecule has 0 bridgehead atoms. The summed E-state index contributed by atoms with van der Waals surface area (Å²) in [5.41, 5.74) is 0.646. The van der Waals surface area contributed by atoms with Gasteiger partial charge in [-0.05, 0) is 57.2 Å². The first kappa shape index (κ1) is 21.8. The lowest BCUT2D eigenvalue weighted by Crippen LogP contribution is -2.33. The fourth-order valence-electron chi connectivity index (χ4n) is 3.44. The molecule has 0 fully saturated rings. The number of amides is 2. The Balaban J connectivity index is 1.66. The van der Waals surface area contributed by atoms with Gasteiger partial charge in [0.1, 0.15) is 0 Å². The Morgan fingerprint density at radius 1 is 1.00 bits per heavy atom. The van der Waals surface area contributed by atoms with E-state index in [0.717, 1.165) is 12.2 Å². The minimum atomic E-state index is -0.530. The van der Waals surface area contributed by atoms with Gasteiger partial charge in [-0.25, -0.2) is 0 Å². The molecule has 31 heavy (non-hydrogen) atoms. The Morgan fingerprint density at radius 3 is 2.32 bits per heavy atom. The highest BCUT2D eigenvalue weighted by atomic mass is 16.2. The van der Waals surface area contributed by atoms with Crippen LogP contribution in [-0.4, -0.2) is 41.1 Å². The molecule has 162 valence electrons. The zero-order chi connectivity index (χ0) is 22.5. The fourth-order valence-corrected chi connectivity index (χ4v) is 3.44. The Labute approximate surface area is 178 Å². The van der Waals surface area contributed by atoms with E-state index < -0.39 is 17.0 Å². The van der Waals surface area contributed by atoms with Gasteiger partial charge in [0.25, 0.3) is 17.0 Å². The van der Waals surface area contributed by atoms with Crippen molar-refractivity contribution in [1.82, 2.24) is 15.5 Å². The molecule has 1 heterocycles. The number of aromatic amines is 2. The van der Waals surface area contributed by atoms with Gasteiger partial charge in [0, 0.05) is 23.8 Å². The summed E-state index contributed by atoms with van der Waals surface area (Å²) < 4.78 is 0. The minimum absolute atomic E-state index is 0.0761. The number of benzene rings is 2. The van der Waals surface area contributed by atoms with Gasteiger partial charge in [-0.2, -0.15) is 0 Å². The Bertz CT molecular complexity index is 1210. The van der Waals surface area contributed by atoms with E-state index in [1.807, 2.05) is 12.1 Å². The second kappa shape index (κ2) is 9.29. The zero-order valence-corrected chi connectivity index (χ0v) is 17.6. The first-order chi connectivity index (χ1) is 14.8. The molecule has 0 saturated carbocycles. The van der Waals surface area contributed by atoms with Crippen molar-refractivity contribution in [1.29, 1.82) is 0 Å². The van der Waals surface area contributed by atoms with Gasteiger partial charge in [-0.3, -0.25) is 29.4 Å². The summed E-state index contributed by atoms with van der Waals surface area (Å²) in [6.45, 7) is 6.84.